The average Bonchev–Trinajstić information content (AvgIpc) is 2.90. The standard InChI is InChI=1S/C27H38O17S/c1-11(28)36-9-18-20(38-13(3)30)22(40-15(5)32)25(27(35-8)44-18)45-24-21(39-14(4)31)19(10-37-12(2)29)43-26(42-17(7)34)23(24)41-16(6)33/h18-27H,9-10H2,1-8H3/t18-,19-,20-,21-,22+,23-,24+,25+,26?,27+/m1/s1. The number of hydrogen-bond acceptors (Lipinski definition) is 18. The van der Waals surface area contributed by atoms with Crippen LogP contribution in [0, 0.1) is 0 Å². The van der Waals surface area contributed by atoms with Crippen LogP contribution in [-0.2, 0) is 80.9 Å². The molecule has 2 saturated heterocycles. The summed E-state index contributed by atoms with van der Waals surface area (Å²) in [5, 5.41) is -2.34. The van der Waals surface area contributed by atoms with E-state index in [1.807, 2.05) is 0 Å². The molecule has 0 amide bonds. The molecule has 2 rings (SSSR count). The Labute approximate surface area is 263 Å². The Hall–Kier alpha value is -3.48. The van der Waals surface area contributed by atoms with Gasteiger partial charge in [-0.15, -0.1) is 11.8 Å². The number of thioether (sulfide) groups is 1. The van der Waals surface area contributed by atoms with Gasteiger partial charge in [0.25, 0.3) is 0 Å². The van der Waals surface area contributed by atoms with Crippen molar-refractivity contribution in [1.82, 2.24) is 0 Å². The topological polar surface area (TPSA) is 212 Å². The van der Waals surface area contributed by atoms with Gasteiger partial charge in [-0.2, -0.15) is 0 Å². The summed E-state index contributed by atoms with van der Waals surface area (Å²) in [7, 11) is 1.26. The Kier molecular flexibility index (Phi) is 14.5. The summed E-state index contributed by atoms with van der Waals surface area (Å²) in [5.74, 6) is -5.40. The second-order valence-corrected chi connectivity index (χ2v) is 11.3. The first-order valence-corrected chi connectivity index (χ1v) is 14.6. The lowest BCUT2D eigenvalue weighted by molar-refractivity contribution is -0.268. The third-order valence-electron chi connectivity index (χ3n) is 6.12. The Morgan fingerprint density at radius 2 is 0.889 bits per heavy atom. The minimum absolute atomic E-state index is 0.412. The Morgan fingerprint density at radius 1 is 0.489 bits per heavy atom. The van der Waals surface area contributed by atoms with Crippen LogP contribution in [0.5, 0.6) is 0 Å². The molecule has 0 aliphatic carbocycles. The Balaban J connectivity index is 2.71. The van der Waals surface area contributed by atoms with Crippen molar-refractivity contribution in [3.8, 4) is 0 Å². The molecule has 0 N–H and O–H groups in total. The lowest BCUT2D eigenvalue weighted by Gasteiger charge is -2.48. The second-order valence-electron chi connectivity index (χ2n) is 9.90. The average molecular weight is 667 g/mol. The molecule has 0 bridgehead atoms. The van der Waals surface area contributed by atoms with Crippen LogP contribution in [0.2, 0.25) is 0 Å². The van der Waals surface area contributed by atoms with Crippen LogP contribution in [0.3, 0.4) is 0 Å². The number of carbonyl (C=O) groups excluding carboxylic acids is 7. The van der Waals surface area contributed by atoms with Crippen molar-refractivity contribution in [2.75, 3.05) is 20.3 Å². The lowest BCUT2D eigenvalue weighted by atomic mass is 10.00. The van der Waals surface area contributed by atoms with Crippen LogP contribution in [0.1, 0.15) is 48.5 Å². The minimum atomic E-state index is -1.59. The molecule has 10 atom stereocenters. The first kappa shape index (κ1) is 37.7. The molecule has 2 aliphatic rings. The van der Waals surface area contributed by atoms with E-state index >= 15 is 0 Å². The molecular weight excluding hydrogens is 628 g/mol. The zero-order chi connectivity index (χ0) is 34.0. The van der Waals surface area contributed by atoms with Crippen molar-refractivity contribution < 1.29 is 80.9 Å². The third-order valence-corrected chi connectivity index (χ3v) is 7.78. The quantitative estimate of drug-likeness (QED) is 0.198. The van der Waals surface area contributed by atoms with Gasteiger partial charge in [0.1, 0.15) is 31.5 Å². The first-order valence-electron chi connectivity index (χ1n) is 13.7. The lowest BCUT2D eigenvalue weighted by Crippen LogP contribution is -2.64. The van der Waals surface area contributed by atoms with E-state index in [-0.39, 0.29) is 0 Å². The van der Waals surface area contributed by atoms with Gasteiger partial charge >= 0.3 is 41.8 Å². The van der Waals surface area contributed by atoms with Crippen molar-refractivity contribution in [2.24, 2.45) is 0 Å². The van der Waals surface area contributed by atoms with E-state index in [0.717, 1.165) is 60.2 Å². The fraction of sp³-hybridized carbons (Fsp3) is 0.741. The van der Waals surface area contributed by atoms with Crippen LogP contribution in [-0.4, -0.2) is 122 Å². The maximum Gasteiger partial charge on any atom is 0.305 e. The van der Waals surface area contributed by atoms with E-state index in [0.29, 0.717) is 0 Å². The van der Waals surface area contributed by atoms with Crippen LogP contribution >= 0.6 is 11.8 Å². The van der Waals surface area contributed by atoms with Gasteiger partial charge in [-0.3, -0.25) is 33.6 Å². The van der Waals surface area contributed by atoms with Gasteiger partial charge < -0.3 is 47.4 Å². The summed E-state index contributed by atoms with van der Waals surface area (Å²) in [4.78, 5) is 84.3. The van der Waals surface area contributed by atoms with Crippen molar-refractivity contribution in [3.63, 3.8) is 0 Å². The van der Waals surface area contributed by atoms with Gasteiger partial charge in [-0.1, -0.05) is 0 Å². The van der Waals surface area contributed by atoms with Crippen molar-refractivity contribution in [1.29, 1.82) is 0 Å². The Morgan fingerprint density at radius 3 is 1.33 bits per heavy atom. The number of carbonyl (C=O) groups is 7. The van der Waals surface area contributed by atoms with Gasteiger partial charge in [0.05, 0.1) is 10.5 Å². The summed E-state index contributed by atoms with van der Waals surface area (Å²) in [6.45, 7) is 6.87. The maximum atomic E-state index is 12.3. The maximum absolute atomic E-state index is 12.3. The van der Waals surface area contributed by atoms with Crippen LogP contribution in [0.15, 0.2) is 0 Å². The molecule has 45 heavy (non-hydrogen) atoms. The number of rotatable bonds is 12. The first-order chi connectivity index (χ1) is 21.0. The molecule has 254 valence electrons. The van der Waals surface area contributed by atoms with Crippen LogP contribution in [0.4, 0.5) is 0 Å². The zero-order valence-corrected chi connectivity index (χ0v) is 26.9. The molecule has 0 spiro atoms. The van der Waals surface area contributed by atoms with Gasteiger partial charge in [-0.25, -0.2) is 0 Å². The molecule has 0 aromatic heterocycles. The highest BCUT2D eigenvalue weighted by Gasteiger charge is 2.57. The fourth-order valence-corrected chi connectivity index (χ4v) is 6.42. The van der Waals surface area contributed by atoms with Crippen LogP contribution in [0.25, 0.3) is 0 Å². The van der Waals surface area contributed by atoms with E-state index in [2.05, 4.69) is 0 Å². The molecule has 2 fully saturated rings. The Bertz CT molecular complexity index is 1110. The van der Waals surface area contributed by atoms with E-state index in [1.165, 1.54) is 7.11 Å². The molecule has 1 unspecified atom stereocenters. The molecule has 17 nitrogen and oxygen atoms in total. The molecular formula is C27H38O17S. The van der Waals surface area contributed by atoms with Crippen molar-refractivity contribution >= 4 is 53.5 Å². The largest absolute Gasteiger partial charge is 0.463 e. The zero-order valence-electron chi connectivity index (χ0n) is 26.0. The normalized spacial score (nSPS) is 31.0. The minimum Gasteiger partial charge on any atom is -0.463 e. The third kappa shape index (κ3) is 11.4. The summed E-state index contributed by atoms with van der Waals surface area (Å²) in [6, 6.07) is 0. The second kappa shape index (κ2) is 17.3. The molecule has 0 radical (unpaired) electrons. The highest BCUT2D eigenvalue weighted by Crippen LogP contribution is 2.43. The SMILES string of the molecule is CO[C@H]1O[C@H](COC(C)=O)[C@@H](OC(C)=O)[C@H](OC(C)=O)[C@@H]1S[C@H]1[C@H](OC(C)=O)[C@@H](COC(C)=O)OC(OC(C)=O)[C@@H]1OC(C)=O. The number of hydrogen-bond donors (Lipinski definition) is 0. The van der Waals surface area contributed by atoms with Gasteiger partial charge in [0, 0.05) is 55.6 Å². The smallest absolute Gasteiger partial charge is 0.305 e. The molecule has 0 aromatic carbocycles. The summed E-state index contributed by atoms with van der Waals surface area (Å²) in [5.41, 5.74) is 0. The number of ether oxygens (including phenoxy) is 10. The van der Waals surface area contributed by atoms with E-state index in [4.69, 9.17) is 47.4 Å². The molecule has 2 aliphatic heterocycles. The van der Waals surface area contributed by atoms with E-state index in [9.17, 15) is 33.6 Å². The van der Waals surface area contributed by atoms with Gasteiger partial charge in [0.15, 0.2) is 24.6 Å². The van der Waals surface area contributed by atoms with Crippen molar-refractivity contribution in [2.45, 2.75) is 108 Å². The van der Waals surface area contributed by atoms with E-state index in [1.54, 1.807) is 0 Å². The number of methoxy groups -OCH3 is 1. The van der Waals surface area contributed by atoms with Crippen LogP contribution < -0.4 is 0 Å². The van der Waals surface area contributed by atoms with Crippen molar-refractivity contribution in [3.05, 3.63) is 0 Å². The van der Waals surface area contributed by atoms with Gasteiger partial charge in [0.2, 0.25) is 6.29 Å². The highest BCUT2D eigenvalue weighted by molar-refractivity contribution is 8.00. The summed E-state index contributed by atoms with van der Waals surface area (Å²) in [6.07, 6.45) is -10.8. The van der Waals surface area contributed by atoms with E-state index < -0.39 is 115 Å². The highest BCUT2D eigenvalue weighted by atomic mass is 32.2. The molecule has 2 heterocycles. The fourth-order valence-electron chi connectivity index (χ4n) is 4.66. The predicted molar refractivity (Wildman–Crippen MR) is 147 cm³/mol. The molecule has 18 heteroatoms. The number of esters is 7. The predicted octanol–water partition coefficient (Wildman–Crippen LogP) is -0.0309. The summed E-state index contributed by atoms with van der Waals surface area (Å²) >= 11 is 0.858. The monoisotopic (exact) mass is 666 g/mol. The molecule has 0 aromatic rings. The summed E-state index contributed by atoms with van der Waals surface area (Å²) < 4.78 is 55.1. The molecule has 0 saturated carbocycles. The van der Waals surface area contributed by atoms with Gasteiger partial charge in [-0.05, 0) is 0 Å².